The number of nitrogens with zero attached hydrogens (tertiary/aromatic N) is 2. The van der Waals surface area contributed by atoms with Crippen LogP contribution in [0.2, 0.25) is 5.02 Å². The predicted molar refractivity (Wildman–Crippen MR) is 111 cm³/mol. The van der Waals surface area contributed by atoms with Gasteiger partial charge >= 0.3 is 0 Å². The minimum atomic E-state index is -0.00720. The van der Waals surface area contributed by atoms with Crippen molar-refractivity contribution in [2.45, 2.75) is 13.3 Å². The highest BCUT2D eigenvalue weighted by Crippen LogP contribution is 2.28. The lowest BCUT2D eigenvalue weighted by Crippen LogP contribution is -2.47. The Bertz CT molecular complexity index is 761. The summed E-state index contributed by atoms with van der Waals surface area (Å²) < 4.78 is 5.74. The molecule has 0 radical (unpaired) electrons. The molecule has 0 atom stereocenters. The Hall–Kier alpha value is -2.24. The van der Waals surface area contributed by atoms with Gasteiger partial charge in [0.05, 0.1) is 23.0 Å². The molecule has 2 aromatic carbocycles. The number of ether oxygens (including phenoxy) is 1. The Balaban J connectivity index is 1.46. The Kier molecular flexibility index (Phi) is 6.96. The molecule has 1 aliphatic heterocycles. The second-order valence-electron chi connectivity index (χ2n) is 6.51. The van der Waals surface area contributed by atoms with Crippen molar-refractivity contribution in [1.82, 2.24) is 4.90 Å². The lowest BCUT2D eigenvalue weighted by molar-refractivity contribution is -0.116. The highest BCUT2D eigenvalue weighted by atomic mass is 35.5. The zero-order valence-electron chi connectivity index (χ0n) is 15.7. The highest BCUT2D eigenvalue weighted by molar-refractivity contribution is 6.33. The van der Waals surface area contributed by atoms with E-state index in [9.17, 15) is 4.79 Å². The summed E-state index contributed by atoms with van der Waals surface area (Å²) in [7, 11) is 0. The third-order valence-electron chi connectivity index (χ3n) is 4.68. The maximum atomic E-state index is 12.2. The Morgan fingerprint density at radius 1 is 1.07 bits per heavy atom. The summed E-state index contributed by atoms with van der Waals surface area (Å²) in [5, 5.41) is 3.44. The van der Waals surface area contributed by atoms with Gasteiger partial charge in [-0.1, -0.05) is 35.9 Å². The molecule has 1 heterocycles. The lowest BCUT2D eigenvalue weighted by atomic mass is 10.2. The van der Waals surface area contributed by atoms with Gasteiger partial charge in [-0.3, -0.25) is 9.69 Å². The number of carbonyl (C=O) groups is 1. The van der Waals surface area contributed by atoms with E-state index < -0.39 is 0 Å². The average Bonchev–Trinajstić information content (AvgIpc) is 2.69. The molecule has 0 unspecified atom stereocenters. The first-order chi connectivity index (χ1) is 13.2. The van der Waals surface area contributed by atoms with Crippen LogP contribution in [0.5, 0.6) is 5.75 Å². The van der Waals surface area contributed by atoms with Crippen molar-refractivity contribution < 1.29 is 9.53 Å². The number of piperazine rings is 1. The van der Waals surface area contributed by atoms with Gasteiger partial charge in [-0.2, -0.15) is 0 Å². The van der Waals surface area contributed by atoms with E-state index in [1.54, 1.807) is 6.07 Å². The summed E-state index contributed by atoms with van der Waals surface area (Å²) >= 11 is 6.09. The molecule has 27 heavy (non-hydrogen) atoms. The first kappa shape index (κ1) is 19.5. The van der Waals surface area contributed by atoms with Gasteiger partial charge in [0.1, 0.15) is 5.75 Å². The SMILES string of the molecule is CCOc1ccccc1N1CCN(CCC(=O)Nc2ccccc2Cl)CC1. The number of hydrogen-bond acceptors (Lipinski definition) is 4. The van der Waals surface area contributed by atoms with Crippen molar-refractivity contribution in [3.63, 3.8) is 0 Å². The van der Waals surface area contributed by atoms with Crippen LogP contribution in [0.3, 0.4) is 0 Å². The van der Waals surface area contributed by atoms with Crippen LogP contribution in [0.4, 0.5) is 11.4 Å². The molecule has 6 heteroatoms. The summed E-state index contributed by atoms with van der Waals surface area (Å²) in [6.07, 6.45) is 0.459. The van der Waals surface area contributed by atoms with E-state index in [1.807, 2.05) is 43.3 Å². The molecule has 0 saturated carbocycles. The highest BCUT2D eigenvalue weighted by Gasteiger charge is 2.20. The van der Waals surface area contributed by atoms with Gasteiger partial charge in [0.2, 0.25) is 5.91 Å². The largest absolute Gasteiger partial charge is 0.492 e. The van der Waals surface area contributed by atoms with Crippen LogP contribution in [-0.2, 0) is 4.79 Å². The summed E-state index contributed by atoms with van der Waals surface area (Å²) in [6.45, 7) is 7.13. The van der Waals surface area contributed by atoms with E-state index in [0.29, 0.717) is 23.7 Å². The zero-order chi connectivity index (χ0) is 19.1. The number of benzene rings is 2. The van der Waals surface area contributed by atoms with Gasteiger partial charge in [-0.05, 0) is 31.2 Å². The van der Waals surface area contributed by atoms with Gasteiger partial charge in [-0.25, -0.2) is 0 Å². The van der Waals surface area contributed by atoms with Crippen LogP contribution in [0.25, 0.3) is 0 Å². The fourth-order valence-electron chi connectivity index (χ4n) is 3.24. The van der Waals surface area contributed by atoms with E-state index in [-0.39, 0.29) is 5.91 Å². The molecule has 1 fully saturated rings. The molecule has 0 aromatic heterocycles. The lowest BCUT2D eigenvalue weighted by Gasteiger charge is -2.36. The van der Waals surface area contributed by atoms with E-state index in [2.05, 4.69) is 21.2 Å². The van der Waals surface area contributed by atoms with Crippen LogP contribution in [-0.4, -0.2) is 50.1 Å². The van der Waals surface area contributed by atoms with Crippen molar-refractivity contribution in [3.05, 3.63) is 53.6 Å². The van der Waals surface area contributed by atoms with Crippen LogP contribution >= 0.6 is 11.6 Å². The smallest absolute Gasteiger partial charge is 0.225 e. The normalized spacial score (nSPS) is 14.8. The Labute approximate surface area is 165 Å². The summed E-state index contributed by atoms with van der Waals surface area (Å²) in [5.41, 5.74) is 1.82. The van der Waals surface area contributed by atoms with E-state index >= 15 is 0 Å². The number of nitrogens with one attached hydrogen (secondary N) is 1. The van der Waals surface area contributed by atoms with Crippen LogP contribution in [0.15, 0.2) is 48.5 Å². The molecular weight excluding hydrogens is 362 g/mol. The molecule has 5 nitrogen and oxygen atoms in total. The number of para-hydroxylation sites is 3. The Morgan fingerprint density at radius 2 is 1.78 bits per heavy atom. The van der Waals surface area contributed by atoms with Gasteiger partial charge in [0, 0.05) is 39.1 Å². The van der Waals surface area contributed by atoms with E-state index in [1.165, 1.54) is 0 Å². The summed E-state index contributed by atoms with van der Waals surface area (Å²) in [6, 6.07) is 15.5. The number of anilines is 2. The molecule has 0 aliphatic carbocycles. The molecule has 1 aliphatic rings. The average molecular weight is 388 g/mol. The molecule has 144 valence electrons. The van der Waals surface area contributed by atoms with Gasteiger partial charge in [-0.15, -0.1) is 0 Å². The molecule has 1 N–H and O–H groups in total. The maximum absolute atomic E-state index is 12.2. The molecule has 0 bridgehead atoms. The Morgan fingerprint density at radius 3 is 2.52 bits per heavy atom. The number of rotatable bonds is 7. The fraction of sp³-hybridized carbons (Fsp3) is 0.381. The third kappa shape index (κ3) is 5.37. The van der Waals surface area contributed by atoms with Crippen LogP contribution in [0.1, 0.15) is 13.3 Å². The predicted octanol–water partition coefficient (Wildman–Crippen LogP) is 3.89. The zero-order valence-corrected chi connectivity index (χ0v) is 16.4. The molecule has 2 aromatic rings. The van der Waals surface area contributed by atoms with Crippen molar-refractivity contribution >= 4 is 28.9 Å². The van der Waals surface area contributed by atoms with Crippen LogP contribution < -0.4 is 15.0 Å². The summed E-state index contributed by atoms with van der Waals surface area (Å²) in [5.74, 6) is 0.930. The minimum Gasteiger partial charge on any atom is -0.492 e. The van der Waals surface area contributed by atoms with Crippen molar-refractivity contribution in [1.29, 1.82) is 0 Å². The van der Waals surface area contributed by atoms with Gasteiger partial charge in [0.15, 0.2) is 0 Å². The minimum absolute atomic E-state index is 0.00720. The maximum Gasteiger partial charge on any atom is 0.225 e. The first-order valence-corrected chi connectivity index (χ1v) is 9.78. The first-order valence-electron chi connectivity index (χ1n) is 9.41. The number of amides is 1. The second-order valence-corrected chi connectivity index (χ2v) is 6.91. The van der Waals surface area contributed by atoms with Crippen molar-refractivity contribution in [3.8, 4) is 5.75 Å². The van der Waals surface area contributed by atoms with Crippen LogP contribution in [0, 0.1) is 0 Å². The summed E-state index contributed by atoms with van der Waals surface area (Å²) in [4.78, 5) is 16.9. The molecule has 1 saturated heterocycles. The van der Waals surface area contributed by atoms with E-state index in [0.717, 1.165) is 44.2 Å². The molecular formula is C21H26ClN3O2. The van der Waals surface area contributed by atoms with Gasteiger partial charge < -0.3 is 15.0 Å². The number of carbonyl (C=O) groups excluding carboxylic acids is 1. The van der Waals surface area contributed by atoms with Crippen molar-refractivity contribution in [2.24, 2.45) is 0 Å². The van der Waals surface area contributed by atoms with Gasteiger partial charge in [0.25, 0.3) is 0 Å². The topological polar surface area (TPSA) is 44.8 Å². The van der Waals surface area contributed by atoms with Crippen molar-refractivity contribution in [2.75, 3.05) is 49.5 Å². The molecule has 0 spiro atoms. The quantitative estimate of drug-likeness (QED) is 0.782. The molecule has 3 rings (SSSR count). The second kappa shape index (κ2) is 9.62. The standard InChI is InChI=1S/C21H26ClN3O2/c1-2-27-20-10-6-5-9-19(20)25-15-13-24(14-16-25)12-11-21(26)23-18-8-4-3-7-17(18)22/h3-10H,2,11-16H2,1H3,(H,23,26). The van der Waals surface area contributed by atoms with E-state index in [4.69, 9.17) is 16.3 Å². The molecule has 1 amide bonds. The number of hydrogen-bond donors (Lipinski definition) is 1. The number of halogens is 1. The fourth-order valence-corrected chi connectivity index (χ4v) is 3.43. The third-order valence-corrected chi connectivity index (χ3v) is 5.01. The monoisotopic (exact) mass is 387 g/mol.